The van der Waals surface area contributed by atoms with Crippen molar-refractivity contribution in [2.75, 3.05) is 6.61 Å². The van der Waals surface area contributed by atoms with Gasteiger partial charge in [0.05, 0.1) is 17.8 Å². The average Bonchev–Trinajstić information content (AvgIpc) is 2.96. The molecule has 0 saturated carbocycles. The highest BCUT2D eigenvalue weighted by molar-refractivity contribution is 8.13. The van der Waals surface area contributed by atoms with Crippen molar-refractivity contribution >= 4 is 25.6 Å². The Morgan fingerprint density at radius 3 is 2.81 bits per heavy atom. The number of halogens is 1. The van der Waals surface area contributed by atoms with E-state index in [4.69, 9.17) is 15.4 Å². The van der Waals surface area contributed by atoms with Crippen LogP contribution >= 0.6 is 10.7 Å². The molecule has 2 N–H and O–H groups in total. The zero-order chi connectivity index (χ0) is 15.6. The zero-order valence-electron chi connectivity index (χ0n) is 11.8. The standard InChI is InChI=1S/C12H18ClN3O4S/c1-3-4-9-11(21(13,18)19)10(16-15-9)12(17)14-8-5-6-20-7(8)2/h7-8H,3-6H2,1-2H3,(H,14,17)(H,15,16). The number of H-pyrrole nitrogens is 1. The minimum absolute atomic E-state index is 0.112. The number of aromatic amines is 1. The Labute approximate surface area is 127 Å². The number of aryl methyl sites for hydroxylation is 1. The van der Waals surface area contributed by atoms with E-state index in [-0.39, 0.29) is 22.7 Å². The van der Waals surface area contributed by atoms with Crippen LogP contribution in [0, 0.1) is 0 Å². The summed E-state index contributed by atoms with van der Waals surface area (Å²) in [6.07, 6.45) is 1.72. The first kappa shape index (κ1) is 16.3. The third-order valence-electron chi connectivity index (χ3n) is 3.44. The predicted octanol–water partition coefficient (Wildman–Crippen LogP) is 1.20. The van der Waals surface area contributed by atoms with Crippen LogP contribution in [0.1, 0.15) is 42.9 Å². The summed E-state index contributed by atoms with van der Waals surface area (Å²) in [5, 5.41) is 9.16. The number of nitrogens with zero attached hydrogens (tertiary/aromatic N) is 1. The summed E-state index contributed by atoms with van der Waals surface area (Å²) in [7, 11) is 1.39. The quantitative estimate of drug-likeness (QED) is 0.787. The van der Waals surface area contributed by atoms with Crippen LogP contribution in [0.3, 0.4) is 0 Å². The molecule has 0 radical (unpaired) electrons. The number of amides is 1. The fourth-order valence-electron chi connectivity index (χ4n) is 2.36. The number of aromatic nitrogens is 2. The van der Waals surface area contributed by atoms with Gasteiger partial charge >= 0.3 is 0 Å². The van der Waals surface area contributed by atoms with Crippen LogP contribution in [0.15, 0.2) is 4.90 Å². The second-order valence-corrected chi connectivity index (χ2v) is 7.52. The highest BCUT2D eigenvalue weighted by Gasteiger charge is 2.31. The number of carbonyl (C=O) groups excluding carboxylic acids is 1. The minimum Gasteiger partial charge on any atom is -0.376 e. The van der Waals surface area contributed by atoms with E-state index < -0.39 is 15.0 Å². The van der Waals surface area contributed by atoms with E-state index in [2.05, 4.69) is 15.5 Å². The van der Waals surface area contributed by atoms with E-state index in [0.717, 1.165) is 0 Å². The Bertz CT molecular complexity index is 628. The molecule has 0 aromatic carbocycles. The molecule has 2 unspecified atom stereocenters. The maximum atomic E-state index is 12.3. The van der Waals surface area contributed by atoms with Crippen molar-refractivity contribution < 1.29 is 17.9 Å². The van der Waals surface area contributed by atoms with E-state index in [1.165, 1.54) is 0 Å². The Morgan fingerprint density at radius 1 is 1.57 bits per heavy atom. The van der Waals surface area contributed by atoms with Crippen LogP contribution < -0.4 is 5.32 Å². The second-order valence-electron chi connectivity index (χ2n) is 5.01. The number of ether oxygens (including phenoxy) is 1. The van der Waals surface area contributed by atoms with E-state index in [1.807, 2.05) is 13.8 Å². The summed E-state index contributed by atoms with van der Waals surface area (Å²) < 4.78 is 28.8. The van der Waals surface area contributed by atoms with Gasteiger partial charge < -0.3 is 10.1 Å². The fourth-order valence-corrected chi connectivity index (χ4v) is 3.67. The van der Waals surface area contributed by atoms with Gasteiger partial charge in [0.1, 0.15) is 4.90 Å². The number of hydrogen-bond donors (Lipinski definition) is 2. The van der Waals surface area contributed by atoms with E-state index >= 15 is 0 Å². The molecule has 7 nitrogen and oxygen atoms in total. The summed E-state index contributed by atoms with van der Waals surface area (Å²) in [5.41, 5.74) is 0.168. The third kappa shape index (κ3) is 3.56. The van der Waals surface area contributed by atoms with Gasteiger partial charge in [-0.1, -0.05) is 13.3 Å². The molecule has 0 aliphatic carbocycles. The highest BCUT2D eigenvalue weighted by atomic mass is 35.7. The Balaban J connectivity index is 2.28. The highest BCUT2D eigenvalue weighted by Crippen LogP contribution is 2.24. The lowest BCUT2D eigenvalue weighted by Gasteiger charge is -2.15. The molecular formula is C12H18ClN3O4S. The van der Waals surface area contributed by atoms with Crippen LogP contribution in [0.5, 0.6) is 0 Å². The van der Waals surface area contributed by atoms with Crippen LogP contribution in [0.2, 0.25) is 0 Å². The van der Waals surface area contributed by atoms with Crippen molar-refractivity contribution in [3.8, 4) is 0 Å². The molecule has 0 spiro atoms. The topological polar surface area (TPSA) is 101 Å². The molecule has 0 bridgehead atoms. The van der Waals surface area contributed by atoms with Gasteiger partial charge in [0.2, 0.25) is 0 Å². The van der Waals surface area contributed by atoms with Crippen molar-refractivity contribution in [3.63, 3.8) is 0 Å². The van der Waals surface area contributed by atoms with Gasteiger partial charge in [0.25, 0.3) is 15.0 Å². The monoisotopic (exact) mass is 335 g/mol. The molecule has 9 heteroatoms. The molecule has 1 aromatic rings. The van der Waals surface area contributed by atoms with Gasteiger partial charge in [-0.15, -0.1) is 0 Å². The van der Waals surface area contributed by atoms with Crippen LogP contribution in [-0.2, 0) is 20.2 Å². The van der Waals surface area contributed by atoms with Crippen LogP contribution in [0.4, 0.5) is 0 Å². The summed E-state index contributed by atoms with van der Waals surface area (Å²) in [6, 6.07) is -0.158. The van der Waals surface area contributed by atoms with Crippen molar-refractivity contribution in [2.45, 2.75) is 50.2 Å². The van der Waals surface area contributed by atoms with E-state index in [0.29, 0.717) is 31.6 Å². The molecule has 21 heavy (non-hydrogen) atoms. The summed E-state index contributed by atoms with van der Waals surface area (Å²) in [4.78, 5) is 12.0. The van der Waals surface area contributed by atoms with Gasteiger partial charge in [0, 0.05) is 17.3 Å². The summed E-state index contributed by atoms with van der Waals surface area (Å²) in [5.74, 6) is -0.560. The van der Waals surface area contributed by atoms with Gasteiger partial charge in [-0.2, -0.15) is 5.10 Å². The lowest BCUT2D eigenvalue weighted by atomic mass is 10.1. The van der Waals surface area contributed by atoms with Gasteiger partial charge in [-0.25, -0.2) is 8.42 Å². The number of nitrogens with one attached hydrogen (secondary N) is 2. The zero-order valence-corrected chi connectivity index (χ0v) is 13.4. The van der Waals surface area contributed by atoms with Gasteiger partial charge in [0.15, 0.2) is 5.69 Å². The van der Waals surface area contributed by atoms with Crippen molar-refractivity contribution in [1.82, 2.24) is 15.5 Å². The fraction of sp³-hybridized carbons (Fsp3) is 0.667. The minimum atomic E-state index is -4.05. The number of rotatable bonds is 5. The number of carbonyl (C=O) groups is 1. The predicted molar refractivity (Wildman–Crippen MR) is 76.9 cm³/mol. The molecule has 1 fully saturated rings. The molecule has 2 atom stereocenters. The van der Waals surface area contributed by atoms with E-state index in [9.17, 15) is 13.2 Å². The van der Waals surface area contributed by atoms with Crippen LogP contribution in [0.25, 0.3) is 0 Å². The lowest BCUT2D eigenvalue weighted by Crippen LogP contribution is -2.39. The number of hydrogen-bond acceptors (Lipinski definition) is 5. The molecule has 118 valence electrons. The Kier molecular flexibility index (Phi) is 4.90. The molecule has 1 amide bonds. The molecule has 1 aliphatic rings. The first-order valence-corrected chi connectivity index (χ1v) is 9.10. The molecule has 1 aliphatic heterocycles. The molecule has 1 saturated heterocycles. The first-order chi connectivity index (χ1) is 9.84. The normalized spacial score (nSPS) is 22.4. The van der Waals surface area contributed by atoms with Gasteiger partial charge in [-0.05, 0) is 19.8 Å². The second kappa shape index (κ2) is 6.33. The van der Waals surface area contributed by atoms with Crippen molar-refractivity contribution in [1.29, 1.82) is 0 Å². The largest absolute Gasteiger partial charge is 0.376 e. The van der Waals surface area contributed by atoms with Crippen LogP contribution in [-0.4, -0.2) is 43.3 Å². The third-order valence-corrected chi connectivity index (χ3v) is 4.83. The molecule has 2 heterocycles. The Morgan fingerprint density at radius 2 is 2.29 bits per heavy atom. The maximum absolute atomic E-state index is 12.3. The molecule has 1 aromatic heterocycles. The molecule has 2 rings (SSSR count). The van der Waals surface area contributed by atoms with Gasteiger partial charge in [-0.3, -0.25) is 9.89 Å². The first-order valence-electron chi connectivity index (χ1n) is 6.79. The lowest BCUT2D eigenvalue weighted by molar-refractivity contribution is 0.0859. The average molecular weight is 336 g/mol. The SMILES string of the molecule is CCCc1[nH]nc(C(=O)NC2CCOC2C)c1S(=O)(=O)Cl. The molecular weight excluding hydrogens is 318 g/mol. The Hall–Kier alpha value is -1.12. The smallest absolute Gasteiger partial charge is 0.273 e. The van der Waals surface area contributed by atoms with Crippen molar-refractivity contribution in [3.05, 3.63) is 11.4 Å². The van der Waals surface area contributed by atoms with Crippen molar-refractivity contribution in [2.24, 2.45) is 0 Å². The maximum Gasteiger partial charge on any atom is 0.273 e. The summed E-state index contributed by atoms with van der Waals surface area (Å²) >= 11 is 0. The summed E-state index contributed by atoms with van der Waals surface area (Å²) in [6.45, 7) is 4.31. The van der Waals surface area contributed by atoms with E-state index in [1.54, 1.807) is 0 Å².